The minimum atomic E-state index is 0.598. The second-order valence-electron chi connectivity index (χ2n) is 2.23. The van der Waals surface area contributed by atoms with Gasteiger partial charge in [-0.25, -0.2) is 0 Å². The first-order chi connectivity index (χ1) is 4.86. The predicted octanol–water partition coefficient (Wildman–Crippen LogP) is 0.193. The Balaban J connectivity index is 2.46. The summed E-state index contributed by atoms with van der Waals surface area (Å²) in [5, 5.41) is 6.15. The van der Waals surface area contributed by atoms with Crippen LogP contribution in [0.25, 0.3) is 0 Å². The molecule has 1 aliphatic rings. The van der Waals surface area contributed by atoms with Crippen LogP contribution in [0.4, 0.5) is 0 Å². The number of hydrogen-bond acceptors (Lipinski definition) is 3. The highest BCUT2D eigenvalue weighted by Gasteiger charge is 2.00. The van der Waals surface area contributed by atoms with Gasteiger partial charge in [-0.3, -0.25) is 5.01 Å². The van der Waals surface area contributed by atoms with Gasteiger partial charge < -0.3 is 5.73 Å². The van der Waals surface area contributed by atoms with Crippen molar-refractivity contribution in [3.05, 3.63) is 11.6 Å². The van der Waals surface area contributed by atoms with E-state index in [1.807, 2.05) is 11.2 Å². The van der Waals surface area contributed by atoms with E-state index in [1.165, 1.54) is 0 Å². The molecule has 0 saturated carbocycles. The number of hydrogen-bond donors (Lipinski definition) is 1. The summed E-state index contributed by atoms with van der Waals surface area (Å²) in [5.74, 6) is 0. The first-order valence-corrected chi connectivity index (χ1v) is 3.55. The lowest BCUT2D eigenvalue weighted by molar-refractivity contribution is 0.336. The maximum atomic E-state index is 5.41. The molecule has 0 aromatic heterocycles. The fourth-order valence-corrected chi connectivity index (χ4v) is 0.825. The topological polar surface area (TPSA) is 41.6 Å². The van der Waals surface area contributed by atoms with Gasteiger partial charge in [0.15, 0.2) is 0 Å². The molecule has 0 radical (unpaired) electrons. The van der Waals surface area contributed by atoms with E-state index in [9.17, 15) is 0 Å². The molecule has 0 aromatic carbocycles. The third-order valence-corrected chi connectivity index (χ3v) is 1.55. The van der Waals surface area contributed by atoms with Crippen LogP contribution in [-0.2, 0) is 0 Å². The zero-order valence-corrected chi connectivity index (χ0v) is 6.25. The van der Waals surface area contributed by atoms with Crippen molar-refractivity contribution in [2.45, 2.75) is 6.92 Å². The van der Waals surface area contributed by atoms with E-state index in [0.29, 0.717) is 6.54 Å². The Morgan fingerprint density at radius 3 is 3.00 bits per heavy atom. The molecule has 0 aliphatic carbocycles. The molecule has 1 rings (SSSR count). The Labute approximate surface area is 61.2 Å². The minimum Gasteiger partial charge on any atom is -0.326 e. The van der Waals surface area contributed by atoms with Gasteiger partial charge in [0, 0.05) is 13.1 Å². The molecule has 10 heavy (non-hydrogen) atoms. The summed E-state index contributed by atoms with van der Waals surface area (Å²) >= 11 is 0. The smallest absolute Gasteiger partial charge is 0.0547 e. The molecule has 0 unspecified atom stereocenters. The maximum Gasteiger partial charge on any atom is 0.0547 e. The average molecular weight is 139 g/mol. The average Bonchev–Trinajstić information content (AvgIpc) is 2.05. The van der Waals surface area contributed by atoms with Gasteiger partial charge in [-0.2, -0.15) is 5.10 Å². The van der Waals surface area contributed by atoms with Crippen molar-refractivity contribution in [1.29, 1.82) is 0 Å². The molecule has 0 amide bonds. The Kier molecular flexibility index (Phi) is 2.45. The molecule has 0 bridgehead atoms. The van der Waals surface area contributed by atoms with E-state index in [-0.39, 0.29) is 0 Å². The van der Waals surface area contributed by atoms with Gasteiger partial charge in [-0.1, -0.05) is 6.08 Å². The monoisotopic (exact) mass is 139 g/mol. The number of likely N-dealkylation sites (N-methyl/N-ethyl adjacent to an activating group) is 1. The number of rotatable bonds is 2. The Bertz CT molecular complexity index is 160. The molecule has 0 spiro atoms. The van der Waals surface area contributed by atoms with E-state index < -0.39 is 0 Å². The molecular formula is C7H13N3. The van der Waals surface area contributed by atoms with Gasteiger partial charge in [0.05, 0.1) is 12.8 Å². The molecule has 0 fully saturated rings. The summed E-state index contributed by atoms with van der Waals surface area (Å²) in [7, 11) is 0. The van der Waals surface area contributed by atoms with Crippen molar-refractivity contribution in [1.82, 2.24) is 5.01 Å². The lowest BCUT2D eigenvalue weighted by Crippen LogP contribution is -2.22. The van der Waals surface area contributed by atoms with Gasteiger partial charge in [-0.15, -0.1) is 0 Å². The van der Waals surface area contributed by atoms with Crippen molar-refractivity contribution in [2.75, 3.05) is 19.6 Å². The highest BCUT2D eigenvalue weighted by Crippen LogP contribution is 1.99. The molecule has 3 nitrogen and oxygen atoms in total. The van der Waals surface area contributed by atoms with E-state index >= 15 is 0 Å². The normalized spacial score (nSPS) is 17.4. The van der Waals surface area contributed by atoms with Gasteiger partial charge >= 0.3 is 0 Å². The fraction of sp³-hybridized carbons (Fsp3) is 0.571. The highest BCUT2D eigenvalue weighted by molar-refractivity contribution is 5.79. The van der Waals surface area contributed by atoms with Gasteiger partial charge in [0.2, 0.25) is 0 Å². The van der Waals surface area contributed by atoms with Crippen LogP contribution in [0, 0.1) is 0 Å². The van der Waals surface area contributed by atoms with Crippen LogP contribution in [0.15, 0.2) is 16.8 Å². The van der Waals surface area contributed by atoms with Crippen molar-refractivity contribution in [3.63, 3.8) is 0 Å². The number of nitrogens with zero attached hydrogens (tertiary/aromatic N) is 2. The van der Waals surface area contributed by atoms with Crippen molar-refractivity contribution in [3.8, 4) is 0 Å². The third kappa shape index (κ3) is 1.57. The largest absolute Gasteiger partial charge is 0.326 e. The molecule has 56 valence electrons. The third-order valence-electron chi connectivity index (χ3n) is 1.55. The molecule has 3 heteroatoms. The zero-order chi connectivity index (χ0) is 7.40. The fourth-order valence-electron chi connectivity index (χ4n) is 0.825. The standard InChI is InChI=1S/C7H13N3/c1-2-10-4-3-7(5-8)6-9-10/h3,6H,2,4-5,8H2,1H3. The van der Waals surface area contributed by atoms with E-state index in [4.69, 9.17) is 5.73 Å². The zero-order valence-electron chi connectivity index (χ0n) is 6.25. The first-order valence-electron chi connectivity index (χ1n) is 3.55. The van der Waals surface area contributed by atoms with Gasteiger partial charge in [0.1, 0.15) is 0 Å². The van der Waals surface area contributed by atoms with Crippen LogP contribution >= 0.6 is 0 Å². The van der Waals surface area contributed by atoms with E-state index in [2.05, 4.69) is 18.1 Å². The summed E-state index contributed by atoms with van der Waals surface area (Å²) in [6.07, 6.45) is 3.93. The van der Waals surface area contributed by atoms with Gasteiger partial charge in [0.25, 0.3) is 0 Å². The molecule has 1 heterocycles. The molecule has 2 N–H and O–H groups in total. The first kappa shape index (κ1) is 7.28. The summed E-state index contributed by atoms with van der Waals surface area (Å²) in [4.78, 5) is 0. The lowest BCUT2D eigenvalue weighted by Gasteiger charge is -2.18. The van der Waals surface area contributed by atoms with Crippen LogP contribution in [0.1, 0.15) is 6.92 Å². The minimum absolute atomic E-state index is 0.598. The number of nitrogens with two attached hydrogens (primary N) is 1. The summed E-state index contributed by atoms with van der Waals surface area (Å²) in [6.45, 7) is 4.55. The second-order valence-corrected chi connectivity index (χ2v) is 2.23. The summed E-state index contributed by atoms with van der Waals surface area (Å²) in [6, 6.07) is 0. The van der Waals surface area contributed by atoms with Crippen LogP contribution in [0.5, 0.6) is 0 Å². The lowest BCUT2D eigenvalue weighted by atomic mass is 10.2. The van der Waals surface area contributed by atoms with Crippen molar-refractivity contribution >= 4 is 6.21 Å². The molecule has 0 aromatic rings. The van der Waals surface area contributed by atoms with Crippen LogP contribution in [0.2, 0.25) is 0 Å². The Morgan fingerprint density at radius 1 is 1.80 bits per heavy atom. The predicted molar refractivity (Wildman–Crippen MR) is 42.9 cm³/mol. The Hall–Kier alpha value is -0.830. The SMILES string of the molecule is CCN1CC=C(CN)C=N1. The molecule has 1 aliphatic heterocycles. The van der Waals surface area contributed by atoms with Crippen molar-refractivity contribution in [2.24, 2.45) is 10.8 Å². The molecule has 0 atom stereocenters. The highest BCUT2D eigenvalue weighted by atomic mass is 15.4. The Morgan fingerprint density at radius 2 is 2.60 bits per heavy atom. The molecular weight excluding hydrogens is 126 g/mol. The van der Waals surface area contributed by atoms with Crippen LogP contribution in [0.3, 0.4) is 0 Å². The number of hydrazone groups is 1. The summed E-state index contributed by atoms with van der Waals surface area (Å²) < 4.78 is 0. The van der Waals surface area contributed by atoms with E-state index in [1.54, 1.807) is 0 Å². The van der Waals surface area contributed by atoms with Gasteiger partial charge in [-0.05, 0) is 12.5 Å². The van der Waals surface area contributed by atoms with Crippen molar-refractivity contribution < 1.29 is 0 Å². The maximum absolute atomic E-state index is 5.41. The summed E-state index contributed by atoms with van der Waals surface area (Å²) in [5.41, 5.74) is 6.54. The quantitative estimate of drug-likeness (QED) is 0.593. The van der Waals surface area contributed by atoms with Crippen LogP contribution < -0.4 is 5.73 Å². The van der Waals surface area contributed by atoms with Crippen LogP contribution in [-0.4, -0.2) is 30.9 Å². The van der Waals surface area contributed by atoms with E-state index in [0.717, 1.165) is 18.7 Å². The molecule has 0 saturated heterocycles. The second kappa shape index (κ2) is 3.37.